The van der Waals surface area contributed by atoms with Gasteiger partial charge < -0.3 is 0 Å². The lowest BCUT2D eigenvalue weighted by molar-refractivity contribution is 0.584. The summed E-state index contributed by atoms with van der Waals surface area (Å²) < 4.78 is 0. The van der Waals surface area contributed by atoms with Gasteiger partial charge in [0.25, 0.3) is 0 Å². The van der Waals surface area contributed by atoms with Crippen LogP contribution in [0.15, 0.2) is 72.9 Å². The van der Waals surface area contributed by atoms with Crippen LogP contribution in [0.3, 0.4) is 0 Å². The molecule has 0 amide bonds. The van der Waals surface area contributed by atoms with Gasteiger partial charge in [0.05, 0.1) is 17.4 Å². The number of benzene rings is 2. The average molecular weight is 286 g/mol. The standard InChI is InChI=1S/C18H14N4/c1-2-6-14(7-3-1)18-12-19-22(21-18)13-16-11-10-15-8-4-5-9-17(15)20-16/h1-12H,13H2. The van der Waals surface area contributed by atoms with Crippen molar-refractivity contribution < 1.29 is 0 Å². The molecular weight excluding hydrogens is 272 g/mol. The van der Waals surface area contributed by atoms with E-state index >= 15 is 0 Å². The third-order valence-corrected chi connectivity index (χ3v) is 3.57. The first kappa shape index (κ1) is 12.7. The average Bonchev–Trinajstić information content (AvgIpc) is 3.04. The van der Waals surface area contributed by atoms with Crippen LogP contribution < -0.4 is 0 Å². The summed E-state index contributed by atoms with van der Waals surface area (Å²) in [7, 11) is 0. The zero-order valence-corrected chi connectivity index (χ0v) is 11.9. The molecule has 0 bridgehead atoms. The van der Waals surface area contributed by atoms with Gasteiger partial charge in [0.15, 0.2) is 0 Å². The van der Waals surface area contributed by atoms with E-state index in [1.807, 2.05) is 54.6 Å². The molecule has 4 rings (SSSR count). The second kappa shape index (κ2) is 5.41. The summed E-state index contributed by atoms with van der Waals surface area (Å²) in [5.74, 6) is 0. The fraction of sp³-hybridized carbons (Fsp3) is 0.0556. The predicted molar refractivity (Wildman–Crippen MR) is 86.3 cm³/mol. The maximum atomic E-state index is 4.65. The second-order valence-electron chi connectivity index (χ2n) is 5.12. The summed E-state index contributed by atoms with van der Waals surface area (Å²) >= 11 is 0. The van der Waals surface area contributed by atoms with Crippen LogP contribution in [0.4, 0.5) is 0 Å². The fourth-order valence-corrected chi connectivity index (χ4v) is 2.46. The summed E-state index contributed by atoms with van der Waals surface area (Å²) in [6.07, 6.45) is 1.79. The molecule has 0 aliphatic heterocycles. The first-order valence-corrected chi connectivity index (χ1v) is 7.19. The lowest BCUT2D eigenvalue weighted by Crippen LogP contribution is -2.05. The first-order chi connectivity index (χ1) is 10.9. The number of hydrogen-bond donors (Lipinski definition) is 0. The van der Waals surface area contributed by atoms with Crippen LogP contribution in [0, 0.1) is 0 Å². The van der Waals surface area contributed by atoms with Crippen LogP contribution >= 0.6 is 0 Å². The molecule has 0 saturated carbocycles. The summed E-state index contributed by atoms with van der Waals surface area (Å²) in [4.78, 5) is 6.33. The Morgan fingerprint density at radius 2 is 1.64 bits per heavy atom. The van der Waals surface area contributed by atoms with E-state index < -0.39 is 0 Å². The summed E-state index contributed by atoms with van der Waals surface area (Å²) in [5.41, 5.74) is 3.89. The Kier molecular flexibility index (Phi) is 3.12. The smallest absolute Gasteiger partial charge is 0.113 e. The topological polar surface area (TPSA) is 43.6 Å². The molecule has 0 unspecified atom stereocenters. The minimum Gasteiger partial charge on any atom is -0.251 e. The molecule has 2 aromatic carbocycles. The predicted octanol–water partition coefficient (Wildman–Crippen LogP) is 3.54. The van der Waals surface area contributed by atoms with E-state index in [2.05, 4.69) is 27.3 Å². The van der Waals surface area contributed by atoms with Crippen molar-refractivity contribution in [3.63, 3.8) is 0 Å². The van der Waals surface area contributed by atoms with Crippen LogP contribution in [0.5, 0.6) is 0 Å². The van der Waals surface area contributed by atoms with Crippen LogP contribution in [0.1, 0.15) is 5.69 Å². The normalized spacial score (nSPS) is 10.9. The van der Waals surface area contributed by atoms with Gasteiger partial charge in [-0.15, -0.1) is 0 Å². The van der Waals surface area contributed by atoms with Crippen molar-refractivity contribution in [1.82, 2.24) is 20.0 Å². The highest BCUT2D eigenvalue weighted by Gasteiger charge is 2.05. The van der Waals surface area contributed by atoms with E-state index in [1.54, 1.807) is 11.0 Å². The van der Waals surface area contributed by atoms with Gasteiger partial charge in [-0.25, -0.2) is 0 Å². The number of para-hydroxylation sites is 1. The van der Waals surface area contributed by atoms with E-state index in [0.717, 1.165) is 27.9 Å². The first-order valence-electron chi connectivity index (χ1n) is 7.19. The molecule has 0 aliphatic carbocycles. The summed E-state index contributed by atoms with van der Waals surface area (Å²) in [5, 5.41) is 10.00. The molecule has 0 saturated heterocycles. The number of nitrogens with zero attached hydrogens (tertiary/aromatic N) is 4. The molecule has 2 aromatic heterocycles. The van der Waals surface area contributed by atoms with Crippen LogP contribution in [0.25, 0.3) is 22.2 Å². The van der Waals surface area contributed by atoms with E-state index in [0.29, 0.717) is 6.54 Å². The minimum atomic E-state index is 0.567. The highest BCUT2D eigenvalue weighted by atomic mass is 15.5. The van der Waals surface area contributed by atoms with Crippen molar-refractivity contribution in [2.75, 3.05) is 0 Å². The molecule has 0 atom stereocenters. The Balaban J connectivity index is 1.61. The maximum Gasteiger partial charge on any atom is 0.113 e. The second-order valence-corrected chi connectivity index (χ2v) is 5.12. The van der Waals surface area contributed by atoms with Gasteiger partial charge in [-0.05, 0) is 12.1 Å². The Morgan fingerprint density at radius 1 is 0.818 bits per heavy atom. The Morgan fingerprint density at radius 3 is 2.55 bits per heavy atom. The fourth-order valence-electron chi connectivity index (χ4n) is 2.46. The third kappa shape index (κ3) is 2.46. The highest BCUT2D eigenvalue weighted by Crippen LogP contribution is 2.15. The number of fused-ring (bicyclic) bond motifs is 1. The van der Waals surface area contributed by atoms with Crippen molar-refractivity contribution in [1.29, 1.82) is 0 Å². The number of rotatable bonds is 3. The van der Waals surface area contributed by atoms with E-state index in [1.165, 1.54) is 0 Å². The van der Waals surface area contributed by atoms with Gasteiger partial charge in [-0.1, -0.05) is 54.6 Å². The van der Waals surface area contributed by atoms with Crippen molar-refractivity contribution in [2.24, 2.45) is 0 Å². The number of pyridine rings is 1. The van der Waals surface area contributed by atoms with Crippen LogP contribution in [0.2, 0.25) is 0 Å². The summed E-state index contributed by atoms with van der Waals surface area (Å²) in [6, 6.07) is 22.3. The van der Waals surface area contributed by atoms with E-state index in [9.17, 15) is 0 Å². The third-order valence-electron chi connectivity index (χ3n) is 3.57. The zero-order valence-electron chi connectivity index (χ0n) is 11.9. The summed E-state index contributed by atoms with van der Waals surface area (Å²) in [6.45, 7) is 0.567. The molecule has 106 valence electrons. The van der Waals surface area contributed by atoms with E-state index in [-0.39, 0.29) is 0 Å². The van der Waals surface area contributed by atoms with Crippen molar-refractivity contribution in [3.8, 4) is 11.3 Å². The van der Waals surface area contributed by atoms with Crippen LogP contribution in [-0.2, 0) is 6.54 Å². The molecule has 0 fully saturated rings. The molecule has 0 radical (unpaired) electrons. The van der Waals surface area contributed by atoms with Gasteiger partial charge in [0, 0.05) is 10.9 Å². The largest absolute Gasteiger partial charge is 0.251 e. The Labute approximate surface area is 128 Å². The number of hydrogen-bond acceptors (Lipinski definition) is 3. The quantitative estimate of drug-likeness (QED) is 0.578. The molecule has 4 nitrogen and oxygen atoms in total. The van der Waals surface area contributed by atoms with Gasteiger partial charge in [-0.3, -0.25) is 4.98 Å². The molecule has 22 heavy (non-hydrogen) atoms. The van der Waals surface area contributed by atoms with Gasteiger partial charge in [0.2, 0.25) is 0 Å². The molecule has 0 N–H and O–H groups in total. The zero-order chi connectivity index (χ0) is 14.8. The van der Waals surface area contributed by atoms with Crippen molar-refractivity contribution in [2.45, 2.75) is 6.54 Å². The van der Waals surface area contributed by atoms with Crippen LogP contribution in [-0.4, -0.2) is 20.0 Å². The van der Waals surface area contributed by atoms with Gasteiger partial charge >= 0.3 is 0 Å². The molecule has 2 heterocycles. The highest BCUT2D eigenvalue weighted by molar-refractivity contribution is 5.78. The monoisotopic (exact) mass is 286 g/mol. The minimum absolute atomic E-state index is 0.567. The Bertz CT molecular complexity index is 912. The number of aromatic nitrogens is 4. The molecular formula is C18H14N4. The van der Waals surface area contributed by atoms with Gasteiger partial charge in [-0.2, -0.15) is 15.0 Å². The molecule has 4 heteroatoms. The van der Waals surface area contributed by atoms with Gasteiger partial charge in [0.1, 0.15) is 12.2 Å². The molecule has 0 spiro atoms. The van der Waals surface area contributed by atoms with Crippen molar-refractivity contribution in [3.05, 3.63) is 78.6 Å². The molecule has 4 aromatic rings. The van der Waals surface area contributed by atoms with E-state index in [4.69, 9.17) is 0 Å². The Hall–Kier alpha value is -3.01. The lowest BCUT2D eigenvalue weighted by Gasteiger charge is -2.02. The maximum absolute atomic E-state index is 4.65. The SMILES string of the molecule is c1ccc(-c2cnn(Cc3ccc4ccccc4n3)n2)cc1. The molecule has 0 aliphatic rings. The van der Waals surface area contributed by atoms with Crippen molar-refractivity contribution >= 4 is 10.9 Å². The lowest BCUT2D eigenvalue weighted by atomic mass is 10.2.